The Morgan fingerprint density at radius 1 is 0.879 bits per heavy atom. The lowest BCUT2D eigenvalue weighted by atomic mass is 10.1. The summed E-state index contributed by atoms with van der Waals surface area (Å²) in [4.78, 5) is 27.0. The Morgan fingerprint density at radius 3 is 2.27 bits per heavy atom. The van der Waals surface area contributed by atoms with Gasteiger partial charge in [0.2, 0.25) is 0 Å². The lowest BCUT2D eigenvalue weighted by Crippen LogP contribution is -2.33. The maximum atomic E-state index is 12.4. The number of carbonyl (C=O) groups is 1. The quantitative estimate of drug-likeness (QED) is 0.433. The summed E-state index contributed by atoms with van der Waals surface area (Å²) in [6, 6.07) is 21.1. The number of aromatic nitrogens is 3. The van der Waals surface area contributed by atoms with Crippen molar-refractivity contribution in [2.75, 3.05) is 11.4 Å². The molecule has 2 heterocycles. The minimum absolute atomic E-state index is 0.120. The van der Waals surface area contributed by atoms with Gasteiger partial charge in [0.05, 0.1) is 0 Å². The summed E-state index contributed by atoms with van der Waals surface area (Å²) >= 11 is 0. The number of alkyl halides is 3. The van der Waals surface area contributed by atoms with Crippen molar-refractivity contribution in [2.45, 2.75) is 6.18 Å². The lowest BCUT2D eigenvalue weighted by molar-refractivity contribution is -0.123. The van der Waals surface area contributed by atoms with Crippen molar-refractivity contribution in [2.24, 2.45) is 0 Å². The summed E-state index contributed by atoms with van der Waals surface area (Å²) in [5.74, 6) is 0.264. The largest absolute Gasteiger partial charge is 0.405 e. The standard InChI is InChI=1S/C24H18F3N5O/c25-24(26,27)16-30-23(33)17-8-10-20(11-9-17)32(19-6-2-1-3-7-19)21-12-14-29-22(31-21)18-5-4-13-28-15-18/h1-15H,16H2,(H,30,33). The van der Waals surface area contributed by atoms with Gasteiger partial charge >= 0.3 is 6.18 Å². The fraction of sp³-hybridized carbons (Fsp3) is 0.0833. The first-order valence-electron chi connectivity index (χ1n) is 9.94. The van der Waals surface area contributed by atoms with E-state index in [1.54, 1.807) is 42.9 Å². The molecule has 4 aromatic rings. The molecule has 2 aromatic carbocycles. The van der Waals surface area contributed by atoms with Gasteiger partial charge in [-0.25, -0.2) is 9.97 Å². The van der Waals surface area contributed by atoms with Gasteiger partial charge in [-0.05, 0) is 54.6 Å². The predicted octanol–water partition coefficient (Wildman–Crippen LogP) is 5.30. The zero-order chi connectivity index (χ0) is 23.3. The van der Waals surface area contributed by atoms with Gasteiger partial charge in [-0.1, -0.05) is 18.2 Å². The Balaban J connectivity index is 1.68. The number of carbonyl (C=O) groups excluding carboxylic acids is 1. The van der Waals surface area contributed by atoms with Crippen LogP contribution in [0, 0.1) is 0 Å². The van der Waals surface area contributed by atoms with Gasteiger partial charge in [-0.2, -0.15) is 13.2 Å². The number of para-hydroxylation sites is 1. The smallest absolute Gasteiger partial charge is 0.343 e. The highest BCUT2D eigenvalue weighted by Crippen LogP contribution is 2.33. The molecule has 1 amide bonds. The maximum absolute atomic E-state index is 12.4. The van der Waals surface area contributed by atoms with Crippen LogP contribution >= 0.6 is 0 Å². The van der Waals surface area contributed by atoms with Crippen LogP contribution in [0.15, 0.2) is 91.4 Å². The monoisotopic (exact) mass is 449 g/mol. The minimum Gasteiger partial charge on any atom is -0.343 e. The van der Waals surface area contributed by atoms with E-state index in [4.69, 9.17) is 0 Å². The average Bonchev–Trinajstić information content (AvgIpc) is 2.84. The minimum atomic E-state index is -4.47. The van der Waals surface area contributed by atoms with Crippen LogP contribution in [0.3, 0.4) is 0 Å². The zero-order valence-electron chi connectivity index (χ0n) is 17.2. The molecule has 9 heteroatoms. The third-order valence-electron chi connectivity index (χ3n) is 4.64. The summed E-state index contributed by atoms with van der Waals surface area (Å²) < 4.78 is 37.2. The Labute approximate surface area is 187 Å². The second kappa shape index (κ2) is 9.47. The molecule has 33 heavy (non-hydrogen) atoms. The van der Waals surface area contributed by atoms with Crippen LogP contribution in [0.5, 0.6) is 0 Å². The molecule has 1 N–H and O–H groups in total. The van der Waals surface area contributed by atoms with Crippen molar-refractivity contribution < 1.29 is 18.0 Å². The van der Waals surface area contributed by atoms with Gasteiger partial charge in [0.25, 0.3) is 5.91 Å². The van der Waals surface area contributed by atoms with Crippen molar-refractivity contribution in [3.8, 4) is 11.4 Å². The van der Waals surface area contributed by atoms with Crippen molar-refractivity contribution in [1.29, 1.82) is 0 Å². The van der Waals surface area contributed by atoms with Gasteiger partial charge in [0.1, 0.15) is 12.4 Å². The van der Waals surface area contributed by atoms with Crippen LogP contribution in [0.4, 0.5) is 30.4 Å². The topological polar surface area (TPSA) is 71.0 Å². The number of nitrogens with zero attached hydrogens (tertiary/aromatic N) is 4. The molecule has 2 aromatic heterocycles. The van der Waals surface area contributed by atoms with Crippen molar-refractivity contribution in [1.82, 2.24) is 20.3 Å². The molecule has 0 saturated heterocycles. The van der Waals surface area contributed by atoms with Gasteiger partial charge in [-0.15, -0.1) is 0 Å². The van der Waals surface area contributed by atoms with E-state index in [1.165, 1.54) is 12.1 Å². The molecule has 0 saturated carbocycles. The highest BCUT2D eigenvalue weighted by molar-refractivity contribution is 5.94. The van der Waals surface area contributed by atoms with Crippen LogP contribution in [-0.2, 0) is 0 Å². The summed E-state index contributed by atoms with van der Waals surface area (Å²) in [6.07, 6.45) is 0.495. The van der Waals surface area contributed by atoms with E-state index in [0.29, 0.717) is 17.3 Å². The number of hydrogen-bond donors (Lipinski definition) is 1. The Kier molecular flexibility index (Phi) is 6.30. The van der Waals surface area contributed by atoms with E-state index in [9.17, 15) is 18.0 Å². The van der Waals surface area contributed by atoms with Crippen LogP contribution < -0.4 is 10.2 Å². The second-order valence-electron chi connectivity index (χ2n) is 7.00. The molecule has 0 unspecified atom stereocenters. The van der Waals surface area contributed by atoms with Crippen molar-refractivity contribution in [3.63, 3.8) is 0 Å². The fourth-order valence-electron chi connectivity index (χ4n) is 3.14. The number of pyridine rings is 1. The lowest BCUT2D eigenvalue weighted by Gasteiger charge is -2.24. The molecular weight excluding hydrogens is 431 g/mol. The molecule has 4 rings (SSSR count). The molecule has 0 bridgehead atoms. The Hall–Kier alpha value is -4.27. The SMILES string of the molecule is O=C(NCC(F)(F)F)c1ccc(N(c2ccccc2)c2ccnc(-c3cccnc3)n2)cc1. The van der Waals surface area contributed by atoms with Crippen molar-refractivity contribution >= 4 is 23.1 Å². The van der Waals surface area contributed by atoms with E-state index in [0.717, 1.165) is 11.3 Å². The van der Waals surface area contributed by atoms with Gasteiger partial charge in [0, 0.05) is 41.1 Å². The van der Waals surface area contributed by atoms with Gasteiger partial charge in [-0.3, -0.25) is 14.7 Å². The molecule has 166 valence electrons. The third-order valence-corrected chi connectivity index (χ3v) is 4.64. The predicted molar refractivity (Wildman–Crippen MR) is 118 cm³/mol. The number of rotatable bonds is 6. The summed E-state index contributed by atoms with van der Waals surface area (Å²) in [5.41, 5.74) is 2.35. The summed E-state index contributed by atoms with van der Waals surface area (Å²) in [5, 5.41) is 1.87. The maximum Gasteiger partial charge on any atom is 0.405 e. The zero-order valence-corrected chi connectivity index (χ0v) is 17.2. The second-order valence-corrected chi connectivity index (χ2v) is 7.00. The number of benzene rings is 2. The summed E-state index contributed by atoms with van der Waals surface area (Å²) in [6.45, 7) is -1.39. The molecule has 0 spiro atoms. The normalized spacial score (nSPS) is 11.1. The van der Waals surface area contributed by atoms with E-state index in [2.05, 4.69) is 15.0 Å². The van der Waals surface area contributed by atoms with Crippen LogP contribution in [0.25, 0.3) is 11.4 Å². The van der Waals surface area contributed by atoms with Crippen LogP contribution in [-0.4, -0.2) is 33.6 Å². The highest BCUT2D eigenvalue weighted by Gasteiger charge is 2.28. The van der Waals surface area contributed by atoms with E-state index < -0.39 is 18.6 Å². The van der Waals surface area contributed by atoms with E-state index in [-0.39, 0.29) is 5.56 Å². The molecule has 0 aliphatic carbocycles. The number of hydrogen-bond acceptors (Lipinski definition) is 5. The molecule has 0 aliphatic heterocycles. The van der Waals surface area contributed by atoms with Gasteiger partial charge in [0.15, 0.2) is 5.82 Å². The number of anilines is 3. The molecular formula is C24H18F3N5O. The first-order valence-corrected chi connectivity index (χ1v) is 9.94. The molecule has 0 fully saturated rings. The first kappa shape index (κ1) is 21.9. The molecule has 6 nitrogen and oxygen atoms in total. The Bertz CT molecular complexity index is 1220. The fourth-order valence-corrected chi connectivity index (χ4v) is 3.14. The number of nitrogens with one attached hydrogen (secondary N) is 1. The van der Waals surface area contributed by atoms with Crippen molar-refractivity contribution in [3.05, 3.63) is 97.0 Å². The summed E-state index contributed by atoms with van der Waals surface area (Å²) in [7, 11) is 0. The average molecular weight is 449 g/mol. The number of amides is 1. The number of halogens is 3. The first-order chi connectivity index (χ1) is 15.9. The van der Waals surface area contributed by atoms with Crippen LogP contribution in [0.1, 0.15) is 10.4 Å². The van der Waals surface area contributed by atoms with E-state index >= 15 is 0 Å². The van der Waals surface area contributed by atoms with Gasteiger partial charge < -0.3 is 5.32 Å². The molecule has 0 radical (unpaired) electrons. The third kappa shape index (κ3) is 5.51. The molecule has 0 aliphatic rings. The Morgan fingerprint density at radius 2 is 1.61 bits per heavy atom. The molecule has 0 atom stereocenters. The van der Waals surface area contributed by atoms with Crippen LogP contribution in [0.2, 0.25) is 0 Å². The highest BCUT2D eigenvalue weighted by atomic mass is 19.4. The van der Waals surface area contributed by atoms with E-state index in [1.807, 2.05) is 46.6 Å².